The van der Waals surface area contributed by atoms with E-state index in [0.29, 0.717) is 45.9 Å². The van der Waals surface area contributed by atoms with Crippen LogP contribution in [0.5, 0.6) is 0 Å². The summed E-state index contributed by atoms with van der Waals surface area (Å²) < 4.78 is 0.835. The van der Waals surface area contributed by atoms with Crippen LogP contribution in [0, 0.1) is 6.92 Å². The fraction of sp³-hybridized carbons (Fsp3) is 0.276. The van der Waals surface area contributed by atoms with Crippen LogP contribution in [0.25, 0.3) is 11.6 Å². The van der Waals surface area contributed by atoms with Gasteiger partial charge in [-0.15, -0.1) is 0 Å². The summed E-state index contributed by atoms with van der Waals surface area (Å²) in [6, 6.07) is 14.5. The van der Waals surface area contributed by atoms with Crippen LogP contribution in [-0.2, 0) is 4.79 Å². The van der Waals surface area contributed by atoms with Crippen LogP contribution in [0.1, 0.15) is 63.5 Å². The molecule has 1 aromatic heterocycles. The number of carbonyl (C=O) groups is 3. The number of H-pyrrole nitrogens is 1. The second-order valence-corrected chi connectivity index (χ2v) is 9.86. The first-order valence-corrected chi connectivity index (χ1v) is 13.3. The molecule has 7 nitrogen and oxygen atoms in total. The SMILES string of the molecule is CCN(CC)CCCNC(=O)c1[nH]c(C=C2C(=O)Nc3ccc(Br)cc32)c(C(=O)c2ccccc2)c1C. The highest BCUT2D eigenvalue weighted by Crippen LogP contribution is 2.36. The van der Waals surface area contributed by atoms with Crippen molar-refractivity contribution < 1.29 is 14.4 Å². The lowest BCUT2D eigenvalue weighted by atomic mass is 9.97. The molecule has 4 rings (SSSR count). The number of hydrogen-bond donors (Lipinski definition) is 3. The van der Waals surface area contributed by atoms with Gasteiger partial charge in [0.05, 0.1) is 16.8 Å². The zero-order valence-corrected chi connectivity index (χ0v) is 22.9. The monoisotopic (exact) mass is 562 g/mol. The van der Waals surface area contributed by atoms with Crippen LogP contribution < -0.4 is 10.6 Å². The van der Waals surface area contributed by atoms with Crippen LogP contribution in [0.4, 0.5) is 5.69 Å². The summed E-state index contributed by atoms with van der Waals surface area (Å²) in [7, 11) is 0. The third-order valence-corrected chi connectivity index (χ3v) is 7.15. The molecule has 2 aromatic carbocycles. The second kappa shape index (κ2) is 11.7. The van der Waals surface area contributed by atoms with Gasteiger partial charge in [0, 0.05) is 27.8 Å². The van der Waals surface area contributed by atoms with Crippen molar-refractivity contribution in [3.8, 4) is 0 Å². The molecule has 0 bridgehead atoms. The molecule has 0 spiro atoms. The van der Waals surface area contributed by atoms with Crippen LogP contribution in [0.15, 0.2) is 53.0 Å². The van der Waals surface area contributed by atoms with E-state index in [9.17, 15) is 14.4 Å². The molecule has 8 heteroatoms. The van der Waals surface area contributed by atoms with Crippen molar-refractivity contribution in [2.45, 2.75) is 27.2 Å². The maximum absolute atomic E-state index is 13.6. The minimum Gasteiger partial charge on any atom is -0.351 e. The minimum atomic E-state index is -0.275. The fourth-order valence-corrected chi connectivity index (χ4v) is 4.92. The van der Waals surface area contributed by atoms with Crippen molar-refractivity contribution in [2.24, 2.45) is 0 Å². The molecule has 0 saturated carbocycles. The number of anilines is 1. The third kappa shape index (κ3) is 5.76. The molecule has 0 fully saturated rings. The number of nitrogens with one attached hydrogen (secondary N) is 3. The van der Waals surface area contributed by atoms with Gasteiger partial charge < -0.3 is 20.5 Å². The van der Waals surface area contributed by atoms with E-state index in [1.165, 1.54) is 0 Å². The number of nitrogens with zero attached hydrogens (tertiary/aromatic N) is 1. The topological polar surface area (TPSA) is 94.3 Å². The van der Waals surface area contributed by atoms with E-state index in [2.05, 4.69) is 50.3 Å². The molecule has 0 aliphatic carbocycles. The van der Waals surface area contributed by atoms with Gasteiger partial charge in [-0.2, -0.15) is 0 Å². The Morgan fingerprint density at radius 1 is 1.08 bits per heavy atom. The summed E-state index contributed by atoms with van der Waals surface area (Å²) in [6.07, 6.45) is 2.49. The number of rotatable bonds is 10. The van der Waals surface area contributed by atoms with Gasteiger partial charge in [-0.3, -0.25) is 14.4 Å². The number of fused-ring (bicyclic) bond motifs is 1. The summed E-state index contributed by atoms with van der Waals surface area (Å²) in [5.41, 5.74) is 4.04. The highest BCUT2D eigenvalue weighted by molar-refractivity contribution is 9.10. The quantitative estimate of drug-likeness (QED) is 0.178. The number of aromatic amines is 1. The molecule has 3 N–H and O–H groups in total. The normalized spacial score (nSPS) is 13.6. The summed E-state index contributed by atoms with van der Waals surface area (Å²) in [6.45, 7) is 9.36. The van der Waals surface area contributed by atoms with Crippen LogP contribution in [-0.4, -0.2) is 53.7 Å². The zero-order valence-electron chi connectivity index (χ0n) is 21.3. The lowest BCUT2D eigenvalue weighted by molar-refractivity contribution is -0.110. The van der Waals surface area contributed by atoms with Gasteiger partial charge in [0.15, 0.2) is 5.78 Å². The number of amides is 2. The van der Waals surface area contributed by atoms with Gasteiger partial charge in [-0.25, -0.2) is 0 Å². The Labute approximate surface area is 225 Å². The fourth-order valence-electron chi connectivity index (χ4n) is 4.56. The first-order chi connectivity index (χ1) is 17.8. The average Bonchev–Trinajstić information content (AvgIpc) is 3.39. The standard InChI is InChI=1S/C29H31BrN4O3/c1-4-34(5-2)15-9-14-31-29(37)26-18(3)25(27(35)19-10-7-6-8-11-19)24(32-26)17-22-21-16-20(30)12-13-23(21)33-28(22)36/h6-8,10-13,16-17,32H,4-5,9,14-15H2,1-3H3,(H,31,37)(H,33,36). The van der Waals surface area contributed by atoms with Crippen LogP contribution >= 0.6 is 15.9 Å². The predicted octanol–water partition coefficient (Wildman–Crippen LogP) is 5.27. The number of ketones is 1. The van der Waals surface area contributed by atoms with E-state index >= 15 is 0 Å². The van der Waals surface area contributed by atoms with E-state index in [1.807, 2.05) is 24.3 Å². The summed E-state index contributed by atoms with van der Waals surface area (Å²) in [4.78, 5) is 45.0. The third-order valence-electron chi connectivity index (χ3n) is 6.65. The minimum absolute atomic E-state index is 0.213. The Kier molecular flexibility index (Phi) is 8.41. The highest BCUT2D eigenvalue weighted by atomic mass is 79.9. The van der Waals surface area contributed by atoms with Gasteiger partial charge in [0.1, 0.15) is 5.69 Å². The molecular weight excluding hydrogens is 532 g/mol. The summed E-state index contributed by atoms with van der Waals surface area (Å²) >= 11 is 3.46. The van der Waals surface area contributed by atoms with Gasteiger partial charge in [-0.1, -0.05) is 60.1 Å². The Bertz CT molecular complexity index is 1360. The zero-order chi connectivity index (χ0) is 26.5. The first kappa shape index (κ1) is 26.6. The van der Waals surface area contributed by atoms with Crippen molar-refractivity contribution in [3.05, 3.63) is 86.6 Å². The number of benzene rings is 2. The molecule has 37 heavy (non-hydrogen) atoms. The average molecular weight is 563 g/mol. The largest absolute Gasteiger partial charge is 0.351 e. The van der Waals surface area contributed by atoms with Crippen molar-refractivity contribution >= 4 is 50.9 Å². The first-order valence-electron chi connectivity index (χ1n) is 12.5. The molecule has 1 aliphatic rings. The smallest absolute Gasteiger partial charge is 0.268 e. The van der Waals surface area contributed by atoms with Crippen molar-refractivity contribution in [1.82, 2.24) is 15.2 Å². The van der Waals surface area contributed by atoms with Crippen molar-refractivity contribution in [3.63, 3.8) is 0 Å². The number of aromatic nitrogens is 1. The maximum Gasteiger partial charge on any atom is 0.268 e. The molecule has 2 heterocycles. The molecule has 192 valence electrons. The van der Waals surface area contributed by atoms with E-state index < -0.39 is 0 Å². The summed E-state index contributed by atoms with van der Waals surface area (Å²) in [5.74, 6) is -0.752. The van der Waals surface area contributed by atoms with E-state index in [1.54, 1.807) is 37.3 Å². The lowest BCUT2D eigenvalue weighted by Gasteiger charge is -2.17. The predicted molar refractivity (Wildman–Crippen MR) is 151 cm³/mol. The Hall–Kier alpha value is -3.49. The van der Waals surface area contributed by atoms with Gasteiger partial charge in [0.25, 0.3) is 11.8 Å². The molecule has 0 atom stereocenters. The van der Waals surface area contributed by atoms with Crippen molar-refractivity contribution in [1.29, 1.82) is 0 Å². The van der Waals surface area contributed by atoms with Gasteiger partial charge >= 0.3 is 0 Å². The van der Waals surface area contributed by atoms with Gasteiger partial charge in [-0.05, 0) is 62.8 Å². The number of hydrogen-bond acceptors (Lipinski definition) is 4. The number of carbonyl (C=O) groups excluding carboxylic acids is 3. The molecule has 2 amide bonds. The maximum atomic E-state index is 13.6. The van der Waals surface area contributed by atoms with E-state index in [4.69, 9.17) is 0 Å². The Balaban J connectivity index is 1.70. The molecule has 0 radical (unpaired) electrons. The lowest BCUT2D eigenvalue weighted by Crippen LogP contribution is -2.30. The number of halogens is 1. The molecular formula is C29H31BrN4O3. The van der Waals surface area contributed by atoms with Crippen molar-refractivity contribution in [2.75, 3.05) is 31.5 Å². The molecule has 1 aliphatic heterocycles. The second-order valence-electron chi connectivity index (χ2n) is 8.95. The van der Waals surface area contributed by atoms with Gasteiger partial charge in [0.2, 0.25) is 0 Å². The highest BCUT2D eigenvalue weighted by Gasteiger charge is 2.28. The van der Waals surface area contributed by atoms with E-state index in [-0.39, 0.29) is 17.6 Å². The van der Waals surface area contributed by atoms with Crippen LogP contribution in [0.2, 0.25) is 0 Å². The Morgan fingerprint density at radius 2 is 1.81 bits per heavy atom. The molecule has 0 saturated heterocycles. The summed E-state index contributed by atoms with van der Waals surface area (Å²) in [5, 5.41) is 5.84. The molecule has 3 aromatic rings. The molecule has 0 unspecified atom stereocenters. The Morgan fingerprint density at radius 3 is 2.51 bits per heavy atom. The van der Waals surface area contributed by atoms with E-state index in [0.717, 1.165) is 36.1 Å². The van der Waals surface area contributed by atoms with Crippen LogP contribution in [0.3, 0.4) is 0 Å².